The van der Waals surface area contributed by atoms with Gasteiger partial charge < -0.3 is 5.32 Å². The second-order valence-electron chi connectivity index (χ2n) is 5.59. The molecule has 1 N–H and O–H groups in total. The lowest BCUT2D eigenvalue weighted by molar-refractivity contribution is -0.121. The van der Waals surface area contributed by atoms with Crippen molar-refractivity contribution in [3.05, 3.63) is 75.3 Å². The van der Waals surface area contributed by atoms with Gasteiger partial charge in [0.25, 0.3) is 0 Å². The highest BCUT2D eigenvalue weighted by Gasteiger charge is 2.06. The van der Waals surface area contributed by atoms with Crippen molar-refractivity contribution < 1.29 is 9.18 Å². The van der Waals surface area contributed by atoms with E-state index in [0.717, 1.165) is 22.4 Å². The van der Waals surface area contributed by atoms with E-state index in [4.69, 9.17) is 11.6 Å². The minimum Gasteiger partial charge on any atom is -0.352 e. The van der Waals surface area contributed by atoms with Crippen LogP contribution >= 0.6 is 22.9 Å². The van der Waals surface area contributed by atoms with Gasteiger partial charge in [-0.05, 0) is 53.3 Å². The van der Waals surface area contributed by atoms with Gasteiger partial charge in [-0.2, -0.15) is 11.3 Å². The van der Waals surface area contributed by atoms with Gasteiger partial charge in [0.05, 0.1) is 10.7 Å². The van der Waals surface area contributed by atoms with Gasteiger partial charge in [-0.25, -0.2) is 4.39 Å². The van der Waals surface area contributed by atoms with Gasteiger partial charge in [-0.1, -0.05) is 17.7 Å². The molecule has 6 heteroatoms. The van der Waals surface area contributed by atoms with Crippen LogP contribution in [0.5, 0.6) is 0 Å². The fraction of sp³-hybridized carbons (Fsp3) is 0.158. The highest BCUT2D eigenvalue weighted by Crippen LogP contribution is 2.20. The zero-order valence-electron chi connectivity index (χ0n) is 13.3. The molecule has 0 aliphatic carbocycles. The van der Waals surface area contributed by atoms with Crippen LogP contribution in [-0.4, -0.2) is 10.9 Å². The number of carbonyl (C=O) groups is 1. The van der Waals surface area contributed by atoms with E-state index in [1.165, 1.54) is 6.07 Å². The van der Waals surface area contributed by atoms with E-state index < -0.39 is 5.82 Å². The number of thiophene rings is 1. The van der Waals surface area contributed by atoms with Gasteiger partial charge in [-0.3, -0.25) is 9.78 Å². The van der Waals surface area contributed by atoms with Crippen molar-refractivity contribution in [2.45, 2.75) is 19.4 Å². The maximum atomic E-state index is 13.1. The SMILES string of the molecule is O=C(CCc1ccc(F)c(Cl)c1)NCc1ccnc(-c2ccsc2)c1. The summed E-state index contributed by atoms with van der Waals surface area (Å²) in [6.45, 7) is 0.447. The molecular weight excluding hydrogens is 359 g/mol. The number of pyridine rings is 1. The van der Waals surface area contributed by atoms with Crippen LogP contribution in [0.15, 0.2) is 53.4 Å². The fourth-order valence-corrected chi connectivity index (χ4v) is 3.25. The van der Waals surface area contributed by atoms with Crippen LogP contribution in [0, 0.1) is 5.82 Å². The minimum atomic E-state index is -0.450. The van der Waals surface area contributed by atoms with Crippen LogP contribution in [0.2, 0.25) is 5.02 Å². The molecule has 0 atom stereocenters. The summed E-state index contributed by atoms with van der Waals surface area (Å²) in [6, 6.07) is 10.4. The molecule has 0 bridgehead atoms. The van der Waals surface area contributed by atoms with Gasteiger partial charge in [0.15, 0.2) is 0 Å². The molecule has 2 heterocycles. The molecule has 0 spiro atoms. The van der Waals surface area contributed by atoms with Crippen molar-refractivity contribution in [3.8, 4) is 11.3 Å². The predicted molar refractivity (Wildman–Crippen MR) is 99.1 cm³/mol. The summed E-state index contributed by atoms with van der Waals surface area (Å²) in [5.74, 6) is -0.511. The van der Waals surface area contributed by atoms with Crippen molar-refractivity contribution in [2.75, 3.05) is 0 Å². The van der Waals surface area contributed by atoms with Gasteiger partial charge in [0, 0.05) is 30.1 Å². The van der Waals surface area contributed by atoms with E-state index in [-0.39, 0.29) is 10.9 Å². The lowest BCUT2D eigenvalue weighted by Gasteiger charge is -2.07. The number of carbonyl (C=O) groups excluding carboxylic acids is 1. The molecule has 0 aliphatic heterocycles. The smallest absolute Gasteiger partial charge is 0.220 e. The van der Waals surface area contributed by atoms with E-state index in [9.17, 15) is 9.18 Å². The number of nitrogens with zero attached hydrogens (tertiary/aromatic N) is 1. The van der Waals surface area contributed by atoms with Crippen molar-refractivity contribution in [1.82, 2.24) is 10.3 Å². The Kier molecular flexibility index (Phi) is 5.79. The minimum absolute atomic E-state index is 0.0608. The number of hydrogen-bond donors (Lipinski definition) is 1. The van der Waals surface area contributed by atoms with Crippen LogP contribution < -0.4 is 5.32 Å². The molecule has 0 radical (unpaired) electrons. The second kappa shape index (κ2) is 8.23. The fourth-order valence-electron chi connectivity index (χ4n) is 2.39. The molecule has 25 heavy (non-hydrogen) atoms. The monoisotopic (exact) mass is 374 g/mol. The van der Waals surface area contributed by atoms with E-state index in [0.29, 0.717) is 19.4 Å². The van der Waals surface area contributed by atoms with E-state index in [1.807, 2.05) is 29.0 Å². The molecule has 128 valence electrons. The number of hydrogen-bond acceptors (Lipinski definition) is 3. The molecular formula is C19H16ClFN2OS. The first-order valence-electron chi connectivity index (χ1n) is 7.80. The topological polar surface area (TPSA) is 42.0 Å². The Balaban J connectivity index is 1.52. The van der Waals surface area contributed by atoms with Gasteiger partial charge in [0.2, 0.25) is 5.91 Å². The number of nitrogens with one attached hydrogen (secondary N) is 1. The Bertz CT molecular complexity index is 868. The lowest BCUT2D eigenvalue weighted by atomic mass is 10.1. The molecule has 1 aromatic carbocycles. The normalized spacial score (nSPS) is 10.6. The van der Waals surface area contributed by atoms with Crippen molar-refractivity contribution in [3.63, 3.8) is 0 Å². The summed E-state index contributed by atoms with van der Waals surface area (Å²) >= 11 is 7.37. The molecule has 0 aliphatic rings. The van der Waals surface area contributed by atoms with Crippen LogP contribution in [0.25, 0.3) is 11.3 Å². The molecule has 2 aromatic heterocycles. The van der Waals surface area contributed by atoms with Crippen molar-refractivity contribution in [1.29, 1.82) is 0 Å². The van der Waals surface area contributed by atoms with Crippen LogP contribution in [0.3, 0.4) is 0 Å². The standard InChI is InChI=1S/C19H16ClFN2OS/c20-16-9-13(1-3-17(16)21)2-4-19(24)23-11-14-5-7-22-18(10-14)15-6-8-25-12-15/h1,3,5-10,12H,2,4,11H2,(H,23,24). The quantitative estimate of drug-likeness (QED) is 0.670. The summed E-state index contributed by atoms with van der Waals surface area (Å²) in [5, 5.41) is 7.02. The van der Waals surface area contributed by atoms with Crippen molar-refractivity contribution in [2.24, 2.45) is 0 Å². The largest absolute Gasteiger partial charge is 0.352 e. The zero-order valence-corrected chi connectivity index (χ0v) is 14.9. The molecule has 3 aromatic rings. The average Bonchev–Trinajstić information content (AvgIpc) is 3.16. The predicted octanol–water partition coefficient (Wildman–Crippen LogP) is 4.85. The van der Waals surface area contributed by atoms with E-state index >= 15 is 0 Å². The number of benzene rings is 1. The van der Waals surface area contributed by atoms with Crippen LogP contribution in [0.4, 0.5) is 4.39 Å². The third-order valence-electron chi connectivity index (χ3n) is 3.76. The van der Waals surface area contributed by atoms with E-state index in [2.05, 4.69) is 10.3 Å². The molecule has 3 rings (SSSR count). The summed E-state index contributed by atoms with van der Waals surface area (Å²) < 4.78 is 13.1. The average molecular weight is 375 g/mol. The van der Waals surface area contributed by atoms with Gasteiger partial charge in [0.1, 0.15) is 5.82 Å². The Morgan fingerprint density at radius 2 is 2.08 bits per heavy atom. The zero-order chi connectivity index (χ0) is 17.6. The Hall–Kier alpha value is -2.24. The number of aryl methyl sites for hydroxylation is 1. The maximum Gasteiger partial charge on any atom is 0.220 e. The van der Waals surface area contributed by atoms with Crippen LogP contribution in [0.1, 0.15) is 17.5 Å². The van der Waals surface area contributed by atoms with Gasteiger partial charge in [-0.15, -0.1) is 0 Å². The maximum absolute atomic E-state index is 13.1. The van der Waals surface area contributed by atoms with Gasteiger partial charge >= 0.3 is 0 Å². The third kappa shape index (κ3) is 4.87. The Morgan fingerprint density at radius 1 is 1.20 bits per heavy atom. The Labute approximate surface area is 154 Å². The summed E-state index contributed by atoms with van der Waals surface area (Å²) in [4.78, 5) is 16.4. The van der Waals surface area contributed by atoms with E-state index in [1.54, 1.807) is 29.7 Å². The lowest BCUT2D eigenvalue weighted by Crippen LogP contribution is -2.23. The first-order valence-corrected chi connectivity index (χ1v) is 9.12. The molecule has 0 fully saturated rings. The van der Waals surface area contributed by atoms with Crippen molar-refractivity contribution >= 4 is 28.8 Å². The molecule has 0 unspecified atom stereocenters. The molecule has 0 saturated carbocycles. The first kappa shape index (κ1) is 17.6. The third-order valence-corrected chi connectivity index (χ3v) is 4.73. The number of rotatable bonds is 6. The Morgan fingerprint density at radius 3 is 2.84 bits per heavy atom. The number of amides is 1. The number of halogens is 2. The summed E-state index contributed by atoms with van der Waals surface area (Å²) in [6.07, 6.45) is 2.59. The number of aromatic nitrogens is 1. The van der Waals surface area contributed by atoms with Crippen LogP contribution in [-0.2, 0) is 17.8 Å². The summed E-state index contributed by atoms with van der Waals surface area (Å²) in [7, 11) is 0. The first-order chi connectivity index (χ1) is 12.1. The molecule has 0 saturated heterocycles. The highest BCUT2D eigenvalue weighted by atomic mass is 35.5. The highest BCUT2D eigenvalue weighted by molar-refractivity contribution is 7.08. The summed E-state index contributed by atoms with van der Waals surface area (Å²) in [5.41, 5.74) is 3.81. The molecule has 3 nitrogen and oxygen atoms in total. The second-order valence-corrected chi connectivity index (χ2v) is 6.77. The molecule has 1 amide bonds.